The van der Waals surface area contributed by atoms with Crippen molar-refractivity contribution in [3.8, 4) is 0 Å². The minimum atomic E-state index is -1.39. The lowest BCUT2D eigenvalue weighted by molar-refractivity contribution is -0.153. The third kappa shape index (κ3) is 6.31. The Bertz CT molecular complexity index is 927. The smallest absolute Gasteiger partial charge is 0.337 e. The lowest BCUT2D eigenvalue weighted by atomic mass is 9.85. The molecule has 1 heterocycles. The van der Waals surface area contributed by atoms with Gasteiger partial charge in [0, 0.05) is 20.7 Å². The number of rotatable bonds is 8. The molecule has 0 aliphatic carbocycles. The number of carbonyl (C=O) groups is 4. The predicted octanol–water partition coefficient (Wildman–Crippen LogP) is 2.67. The maximum atomic E-state index is 13.0. The first-order valence-corrected chi connectivity index (χ1v) is 11.0. The van der Waals surface area contributed by atoms with Crippen LogP contribution in [0, 0.1) is 9.49 Å². The van der Waals surface area contributed by atoms with Gasteiger partial charge in [-0.3, -0.25) is 9.59 Å². The topological polar surface area (TPSA) is 120 Å². The first-order valence-electron chi connectivity index (χ1n) is 9.94. The molecule has 0 atom stereocenters. The summed E-state index contributed by atoms with van der Waals surface area (Å²) in [6, 6.07) is 7.06. The van der Waals surface area contributed by atoms with E-state index in [1.165, 1.54) is 0 Å². The fourth-order valence-corrected chi connectivity index (χ4v) is 3.50. The van der Waals surface area contributed by atoms with Crippen molar-refractivity contribution < 1.29 is 33.4 Å². The number of allylic oxidation sites excluding steroid dienone is 2. The molecule has 0 fully saturated rings. The van der Waals surface area contributed by atoms with E-state index in [0.29, 0.717) is 17.1 Å². The Morgan fingerprint density at radius 3 is 1.88 bits per heavy atom. The summed E-state index contributed by atoms with van der Waals surface area (Å²) in [5, 5.41) is 5.53. The third-order valence-electron chi connectivity index (χ3n) is 4.46. The number of dihydropyridines is 1. The van der Waals surface area contributed by atoms with Gasteiger partial charge < -0.3 is 24.8 Å². The van der Waals surface area contributed by atoms with Crippen molar-refractivity contribution in [1.82, 2.24) is 5.32 Å². The second kappa shape index (κ2) is 11.7. The molecule has 1 aromatic rings. The fraction of sp³-hybridized carbons (Fsp3) is 0.364. The molecule has 0 spiro atoms. The van der Waals surface area contributed by atoms with E-state index >= 15 is 0 Å². The van der Waals surface area contributed by atoms with Crippen LogP contribution in [0.3, 0.4) is 0 Å². The highest BCUT2D eigenvalue weighted by molar-refractivity contribution is 14.1. The lowest BCUT2D eigenvalue weighted by Gasteiger charge is -2.28. The van der Waals surface area contributed by atoms with Crippen LogP contribution < -0.4 is 10.6 Å². The number of carbonyl (C=O) groups excluding carboxylic acids is 4. The second-order valence-corrected chi connectivity index (χ2v) is 7.98. The molecule has 172 valence electrons. The van der Waals surface area contributed by atoms with E-state index in [2.05, 4.69) is 33.2 Å². The van der Waals surface area contributed by atoms with Crippen LogP contribution >= 0.6 is 22.6 Å². The van der Waals surface area contributed by atoms with Crippen LogP contribution in [0.2, 0.25) is 0 Å². The number of amides is 1. The summed E-state index contributed by atoms with van der Waals surface area (Å²) in [6.45, 7) is 5.97. The van der Waals surface area contributed by atoms with Gasteiger partial charge in [-0.1, -0.05) is 0 Å². The standard InChI is InChI=1S/C22H25IN2O7/c1-5-30-20(27)17-12(3)24-13(4)18(21(28)31-6-2)19(17)22(29)32-11-16(26)25-15-9-7-14(23)8-10-15/h7-10,19,24H,5-6,11H2,1-4H3,(H,25,26). The number of benzene rings is 1. The second-order valence-electron chi connectivity index (χ2n) is 6.74. The van der Waals surface area contributed by atoms with Crippen LogP contribution in [0.4, 0.5) is 5.69 Å². The summed E-state index contributed by atoms with van der Waals surface area (Å²) in [4.78, 5) is 50.4. The van der Waals surface area contributed by atoms with Gasteiger partial charge in [0.1, 0.15) is 5.92 Å². The lowest BCUT2D eigenvalue weighted by Crippen LogP contribution is -2.39. The van der Waals surface area contributed by atoms with Gasteiger partial charge in [0.2, 0.25) is 0 Å². The van der Waals surface area contributed by atoms with Gasteiger partial charge in [0.05, 0.1) is 24.4 Å². The summed E-state index contributed by atoms with van der Waals surface area (Å²) in [5.74, 6) is -4.42. The molecule has 1 aromatic carbocycles. The summed E-state index contributed by atoms with van der Waals surface area (Å²) in [5.41, 5.74) is 1.10. The molecule has 10 heteroatoms. The molecule has 2 N–H and O–H groups in total. The normalized spacial score (nSPS) is 13.9. The van der Waals surface area contributed by atoms with Gasteiger partial charge in [0.25, 0.3) is 5.91 Å². The van der Waals surface area contributed by atoms with Crippen LogP contribution in [0.25, 0.3) is 0 Å². The van der Waals surface area contributed by atoms with E-state index in [0.717, 1.165) is 3.57 Å². The number of hydrogen-bond acceptors (Lipinski definition) is 8. The molecule has 0 unspecified atom stereocenters. The molecule has 9 nitrogen and oxygen atoms in total. The zero-order valence-corrected chi connectivity index (χ0v) is 20.4. The molecular weight excluding hydrogens is 531 g/mol. The summed E-state index contributed by atoms with van der Waals surface area (Å²) in [6.07, 6.45) is 0. The van der Waals surface area contributed by atoms with Crippen LogP contribution in [-0.2, 0) is 33.4 Å². The van der Waals surface area contributed by atoms with Gasteiger partial charge >= 0.3 is 17.9 Å². The summed E-state index contributed by atoms with van der Waals surface area (Å²) >= 11 is 2.14. The van der Waals surface area contributed by atoms with Gasteiger partial charge in [-0.15, -0.1) is 0 Å². The molecule has 1 amide bonds. The highest BCUT2D eigenvalue weighted by Crippen LogP contribution is 2.32. The number of esters is 3. The largest absolute Gasteiger partial charge is 0.463 e. The Balaban J connectivity index is 2.25. The molecular formula is C22H25IN2O7. The zero-order chi connectivity index (χ0) is 23.8. The van der Waals surface area contributed by atoms with E-state index < -0.39 is 36.3 Å². The van der Waals surface area contributed by atoms with Gasteiger partial charge in [-0.25, -0.2) is 9.59 Å². The van der Waals surface area contributed by atoms with E-state index in [4.69, 9.17) is 14.2 Å². The van der Waals surface area contributed by atoms with E-state index in [1.54, 1.807) is 39.8 Å². The minimum absolute atomic E-state index is 0.0662. The maximum Gasteiger partial charge on any atom is 0.337 e. The fourth-order valence-electron chi connectivity index (χ4n) is 3.14. The summed E-state index contributed by atoms with van der Waals surface area (Å²) in [7, 11) is 0. The number of nitrogens with one attached hydrogen (secondary N) is 2. The Labute approximate surface area is 199 Å². The van der Waals surface area contributed by atoms with E-state index in [9.17, 15) is 19.2 Å². The first kappa shape index (κ1) is 25.4. The quantitative estimate of drug-likeness (QED) is 0.285. The number of ether oxygens (including phenoxy) is 3. The predicted molar refractivity (Wildman–Crippen MR) is 124 cm³/mol. The molecule has 0 saturated heterocycles. The van der Waals surface area contributed by atoms with Crippen LogP contribution in [-0.4, -0.2) is 43.6 Å². The van der Waals surface area contributed by atoms with Crippen LogP contribution in [0.5, 0.6) is 0 Å². The first-order chi connectivity index (χ1) is 15.2. The van der Waals surface area contributed by atoms with Gasteiger partial charge in [-0.05, 0) is 74.6 Å². The molecule has 0 bridgehead atoms. The average molecular weight is 556 g/mol. The minimum Gasteiger partial charge on any atom is -0.463 e. The molecule has 2 rings (SSSR count). The Kier molecular flexibility index (Phi) is 9.24. The Morgan fingerprint density at radius 2 is 1.41 bits per heavy atom. The number of hydrogen-bond donors (Lipinski definition) is 2. The van der Waals surface area contributed by atoms with Crippen LogP contribution in [0.15, 0.2) is 46.8 Å². The van der Waals surface area contributed by atoms with Crippen molar-refractivity contribution in [2.24, 2.45) is 5.92 Å². The van der Waals surface area contributed by atoms with E-state index in [1.807, 2.05) is 12.1 Å². The highest BCUT2D eigenvalue weighted by Gasteiger charge is 2.42. The van der Waals surface area contributed by atoms with Gasteiger partial charge in [-0.2, -0.15) is 0 Å². The SMILES string of the molecule is CCOC(=O)C1=C(C)NC(C)=C(C(=O)OCC)C1C(=O)OCC(=O)Nc1ccc(I)cc1. The third-order valence-corrected chi connectivity index (χ3v) is 5.18. The monoisotopic (exact) mass is 556 g/mol. The molecule has 32 heavy (non-hydrogen) atoms. The average Bonchev–Trinajstić information content (AvgIpc) is 2.73. The van der Waals surface area contributed by atoms with Crippen molar-refractivity contribution in [1.29, 1.82) is 0 Å². The van der Waals surface area contributed by atoms with Crippen molar-refractivity contribution in [3.05, 3.63) is 50.4 Å². The van der Waals surface area contributed by atoms with E-state index in [-0.39, 0.29) is 24.4 Å². The van der Waals surface area contributed by atoms with Crippen molar-refractivity contribution in [2.45, 2.75) is 27.7 Å². The Morgan fingerprint density at radius 1 is 0.906 bits per heavy atom. The molecule has 1 aliphatic heterocycles. The molecule has 1 aliphatic rings. The maximum absolute atomic E-state index is 13.0. The van der Waals surface area contributed by atoms with Crippen molar-refractivity contribution in [3.63, 3.8) is 0 Å². The number of halogens is 1. The van der Waals surface area contributed by atoms with Crippen molar-refractivity contribution in [2.75, 3.05) is 25.1 Å². The molecule has 0 saturated carbocycles. The van der Waals surface area contributed by atoms with Crippen LogP contribution in [0.1, 0.15) is 27.7 Å². The van der Waals surface area contributed by atoms with Gasteiger partial charge in [0.15, 0.2) is 6.61 Å². The Hall–Kier alpha value is -2.89. The zero-order valence-electron chi connectivity index (χ0n) is 18.2. The van der Waals surface area contributed by atoms with Crippen molar-refractivity contribution >= 4 is 52.1 Å². The summed E-state index contributed by atoms with van der Waals surface area (Å²) < 4.78 is 16.3. The number of anilines is 1. The highest BCUT2D eigenvalue weighted by atomic mass is 127. The molecule has 0 aromatic heterocycles. The molecule has 0 radical (unpaired) electrons.